The first kappa shape index (κ1) is 76.1. The fraction of sp³-hybridized carbons (Fsp3) is 0.822. The number of ether oxygens (including phenoxy) is 3. The van der Waals surface area contributed by atoms with E-state index in [1.54, 1.807) is 0 Å². The molecule has 0 radical (unpaired) electrons. The van der Waals surface area contributed by atoms with Crippen molar-refractivity contribution >= 4 is 17.9 Å². The molecule has 0 rings (SSSR count). The van der Waals surface area contributed by atoms with Crippen LogP contribution in [-0.2, 0) is 28.6 Å². The fourth-order valence-electron chi connectivity index (χ4n) is 10.2. The van der Waals surface area contributed by atoms with Gasteiger partial charge in [-0.3, -0.25) is 14.4 Å². The molecule has 0 aromatic heterocycles. The van der Waals surface area contributed by atoms with Crippen molar-refractivity contribution in [1.29, 1.82) is 0 Å². The van der Waals surface area contributed by atoms with E-state index in [0.717, 1.165) is 83.5 Å². The molecule has 460 valence electrons. The molecule has 0 saturated heterocycles. The third-order valence-corrected chi connectivity index (χ3v) is 15.5. The molecule has 0 aliphatic heterocycles. The van der Waals surface area contributed by atoms with Crippen molar-refractivity contribution in [2.45, 2.75) is 374 Å². The van der Waals surface area contributed by atoms with Crippen LogP contribution in [0, 0.1) is 0 Å². The summed E-state index contributed by atoms with van der Waals surface area (Å²) in [5.74, 6) is -0.860. The van der Waals surface area contributed by atoms with Gasteiger partial charge in [0.1, 0.15) is 13.2 Å². The summed E-state index contributed by atoms with van der Waals surface area (Å²) in [5, 5.41) is 0. The van der Waals surface area contributed by atoms with E-state index in [9.17, 15) is 14.4 Å². The Bertz CT molecular complexity index is 1410. The zero-order valence-corrected chi connectivity index (χ0v) is 52.9. The van der Waals surface area contributed by atoms with Crippen molar-refractivity contribution < 1.29 is 28.6 Å². The molecule has 6 heteroatoms. The number of hydrogen-bond acceptors (Lipinski definition) is 6. The van der Waals surface area contributed by atoms with Gasteiger partial charge in [-0.15, -0.1) is 0 Å². The van der Waals surface area contributed by atoms with Crippen LogP contribution in [0.3, 0.4) is 0 Å². The highest BCUT2D eigenvalue weighted by molar-refractivity contribution is 5.71. The number of unbranched alkanes of at least 4 members (excludes halogenated alkanes) is 43. The van der Waals surface area contributed by atoms with E-state index >= 15 is 0 Å². The minimum absolute atomic E-state index is 0.0725. The number of hydrogen-bond donors (Lipinski definition) is 0. The van der Waals surface area contributed by atoms with Crippen molar-refractivity contribution in [3.63, 3.8) is 0 Å². The minimum atomic E-state index is -0.775. The molecule has 0 amide bonds. The van der Waals surface area contributed by atoms with Gasteiger partial charge in [0.15, 0.2) is 6.10 Å². The number of carbonyl (C=O) groups is 3. The second-order valence-corrected chi connectivity index (χ2v) is 23.4. The van der Waals surface area contributed by atoms with Gasteiger partial charge in [-0.2, -0.15) is 0 Å². The van der Waals surface area contributed by atoms with E-state index in [1.807, 2.05) is 0 Å². The molecule has 6 nitrogen and oxygen atoms in total. The van der Waals surface area contributed by atoms with Gasteiger partial charge in [0, 0.05) is 19.3 Å². The number of allylic oxidation sites excluding steroid dienone is 10. The maximum absolute atomic E-state index is 12.9. The summed E-state index contributed by atoms with van der Waals surface area (Å²) in [6.45, 7) is 6.64. The van der Waals surface area contributed by atoms with Gasteiger partial charge in [-0.25, -0.2) is 0 Å². The SMILES string of the molecule is CCCCC/C=C\C/C=C\CCCCCCCCCC(=O)OC(COC(=O)CCCCCCCCCCCCC)COC(=O)CCCCCCCCCCCCCCCCCCCC/C=C\C/C=C\C/C=C\CCCCCCC. The molecule has 0 aliphatic carbocycles. The molecule has 0 spiro atoms. The molecular formula is C73H132O6. The first-order chi connectivity index (χ1) is 39.0. The van der Waals surface area contributed by atoms with Crippen molar-refractivity contribution in [3.05, 3.63) is 60.8 Å². The molecule has 0 saturated carbocycles. The Kier molecular flexibility index (Phi) is 65.1. The monoisotopic (exact) mass is 1110 g/mol. The topological polar surface area (TPSA) is 78.9 Å². The van der Waals surface area contributed by atoms with E-state index in [0.29, 0.717) is 19.3 Å². The molecule has 1 unspecified atom stereocenters. The van der Waals surface area contributed by atoms with E-state index in [-0.39, 0.29) is 31.1 Å². The van der Waals surface area contributed by atoms with Crippen molar-refractivity contribution in [2.24, 2.45) is 0 Å². The summed E-state index contributed by atoms with van der Waals surface area (Å²) in [5.41, 5.74) is 0. The van der Waals surface area contributed by atoms with Gasteiger partial charge in [0.05, 0.1) is 0 Å². The first-order valence-electron chi connectivity index (χ1n) is 34.8. The lowest BCUT2D eigenvalue weighted by Crippen LogP contribution is -2.30. The van der Waals surface area contributed by atoms with Gasteiger partial charge in [-0.1, -0.05) is 319 Å². The van der Waals surface area contributed by atoms with Crippen molar-refractivity contribution in [2.75, 3.05) is 13.2 Å². The summed E-state index contributed by atoms with van der Waals surface area (Å²) in [6, 6.07) is 0. The standard InChI is InChI=1S/C73H132O6/c1-4-7-10-13-16-19-22-24-26-28-29-30-31-32-33-34-35-36-37-38-39-40-41-42-43-45-46-48-51-54-57-60-63-66-72(75)78-69-70(68-77-71(74)65-62-59-56-53-50-21-18-15-12-9-6-3)79-73(76)67-64-61-58-55-52-49-47-44-27-25-23-20-17-14-11-8-5-2/h17,20,22,24-25,27-29,31-32,70H,4-16,18-19,21,23,26,30,33-69H2,1-3H3/b20-17-,24-22-,27-25-,29-28-,32-31-. The van der Waals surface area contributed by atoms with E-state index in [4.69, 9.17) is 14.2 Å². The summed E-state index contributed by atoms with van der Waals surface area (Å²) in [6.07, 6.45) is 86.8. The van der Waals surface area contributed by atoms with Crippen molar-refractivity contribution in [1.82, 2.24) is 0 Å². The predicted molar refractivity (Wildman–Crippen MR) is 344 cm³/mol. The third-order valence-electron chi connectivity index (χ3n) is 15.5. The third kappa shape index (κ3) is 65.8. The molecule has 0 aromatic rings. The lowest BCUT2D eigenvalue weighted by atomic mass is 10.0. The quantitative estimate of drug-likeness (QED) is 0.0261. The average molecular weight is 1110 g/mol. The number of carbonyl (C=O) groups excluding carboxylic acids is 3. The van der Waals surface area contributed by atoms with E-state index < -0.39 is 6.10 Å². The maximum Gasteiger partial charge on any atom is 0.306 e. The van der Waals surface area contributed by atoms with Crippen LogP contribution in [0.4, 0.5) is 0 Å². The van der Waals surface area contributed by atoms with Crippen LogP contribution >= 0.6 is 0 Å². The van der Waals surface area contributed by atoms with Crippen molar-refractivity contribution in [3.8, 4) is 0 Å². The largest absolute Gasteiger partial charge is 0.462 e. The van der Waals surface area contributed by atoms with Gasteiger partial charge in [0.25, 0.3) is 0 Å². The Labute approximate surface area is 491 Å². The van der Waals surface area contributed by atoms with Gasteiger partial charge in [0.2, 0.25) is 0 Å². The highest BCUT2D eigenvalue weighted by atomic mass is 16.6. The summed E-state index contributed by atoms with van der Waals surface area (Å²) < 4.78 is 16.9. The summed E-state index contributed by atoms with van der Waals surface area (Å²) in [4.78, 5) is 38.3. The normalized spacial score (nSPS) is 12.4. The maximum atomic E-state index is 12.9. The minimum Gasteiger partial charge on any atom is -0.462 e. The summed E-state index contributed by atoms with van der Waals surface area (Å²) in [7, 11) is 0. The van der Waals surface area contributed by atoms with E-state index in [1.165, 1.54) is 244 Å². The Morgan fingerprint density at radius 3 is 0.734 bits per heavy atom. The second kappa shape index (κ2) is 67.6. The molecule has 0 N–H and O–H groups in total. The van der Waals surface area contributed by atoms with Crippen LogP contribution in [-0.4, -0.2) is 37.2 Å². The van der Waals surface area contributed by atoms with Crippen LogP contribution < -0.4 is 0 Å². The average Bonchev–Trinajstić information content (AvgIpc) is 3.45. The zero-order chi connectivity index (χ0) is 57.1. The first-order valence-corrected chi connectivity index (χ1v) is 34.8. The van der Waals surface area contributed by atoms with Gasteiger partial charge < -0.3 is 14.2 Å². The molecule has 0 fully saturated rings. The molecule has 0 bridgehead atoms. The molecule has 1 atom stereocenters. The van der Waals surface area contributed by atoms with Crippen LogP contribution in [0.25, 0.3) is 0 Å². The van der Waals surface area contributed by atoms with Crippen LogP contribution in [0.5, 0.6) is 0 Å². The van der Waals surface area contributed by atoms with Gasteiger partial charge in [-0.05, 0) is 89.9 Å². The lowest BCUT2D eigenvalue weighted by molar-refractivity contribution is -0.167. The Hall–Kier alpha value is -2.89. The Morgan fingerprint density at radius 1 is 0.253 bits per heavy atom. The molecule has 0 heterocycles. The Morgan fingerprint density at radius 2 is 0.456 bits per heavy atom. The number of esters is 3. The highest BCUT2D eigenvalue weighted by Gasteiger charge is 2.19. The van der Waals surface area contributed by atoms with Crippen LogP contribution in [0.2, 0.25) is 0 Å². The highest BCUT2D eigenvalue weighted by Crippen LogP contribution is 2.18. The number of rotatable bonds is 64. The molecule has 0 aromatic carbocycles. The molecule has 79 heavy (non-hydrogen) atoms. The fourth-order valence-corrected chi connectivity index (χ4v) is 10.2. The van der Waals surface area contributed by atoms with Gasteiger partial charge >= 0.3 is 17.9 Å². The smallest absolute Gasteiger partial charge is 0.306 e. The molecule has 0 aliphatic rings. The Balaban J connectivity index is 4.11. The molecular weight excluding hydrogens is 973 g/mol. The summed E-state index contributed by atoms with van der Waals surface area (Å²) >= 11 is 0. The van der Waals surface area contributed by atoms with Crippen LogP contribution in [0.15, 0.2) is 60.8 Å². The lowest BCUT2D eigenvalue weighted by Gasteiger charge is -2.18. The van der Waals surface area contributed by atoms with Crippen LogP contribution in [0.1, 0.15) is 367 Å². The predicted octanol–water partition coefficient (Wildman–Crippen LogP) is 23.9. The van der Waals surface area contributed by atoms with E-state index in [2.05, 4.69) is 81.5 Å². The second-order valence-electron chi connectivity index (χ2n) is 23.4. The zero-order valence-electron chi connectivity index (χ0n) is 52.9.